The Morgan fingerprint density at radius 1 is 1.15 bits per heavy atom. The number of hydrogen-bond donors (Lipinski definition) is 0. The molecular weight excluding hydrogens is 446 g/mol. The molecule has 1 amide bonds. The second-order valence-corrected chi connectivity index (χ2v) is 10.1. The van der Waals surface area contributed by atoms with E-state index < -0.39 is 0 Å². The van der Waals surface area contributed by atoms with Crippen molar-refractivity contribution in [2.45, 2.75) is 44.3 Å². The van der Waals surface area contributed by atoms with Crippen molar-refractivity contribution >= 4 is 34.4 Å². The molecule has 0 fully saturated rings. The van der Waals surface area contributed by atoms with E-state index in [2.05, 4.69) is 31.1 Å². The van der Waals surface area contributed by atoms with Crippen molar-refractivity contribution in [3.05, 3.63) is 75.7 Å². The SMILES string of the molecule is Cc1ccc(-n2ncc3c(=O)n4c(nc32)SCC4CC(=O)N2CCCc3ccccc32)cc1C. The number of anilines is 1. The fourth-order valence-corrected chi connectivity index (χ4v) is 6.06. The van der Waals surface area contributed by atoms with Crippen molar-refractivity contribution in [2.75, 3.05) is 17.2 Å². The molecule has 2 aliphatic heterocycles. The highest BCUT2D eigenvalue weighted by atomic mass is 32.2. The van der Waals surface area contributed by atoms with Gasteiger partial charge in [0.2, 0.25) is 5.91 Å². The Morgan fingerprint density at radius 2 is 2.00 bits per heavy atom. The smallest absolute Gasteiger partial charge is 0.265 e. The van der Waals surface area contributed by atoms with E-state index in [1.165, 1.54) is 22.9 Å². The third-order valence-corrected chi connectivity index (χ3v) is 8.02. The maximum atomic E-state index is 13.5. The first-order valence-corrected chi connectivity index (χ1v) is 12.6. The molecule has 8 heteroatoms. The van der Waals surface area contributed by atoms with Gasteiger partial charge < -0.3 is 4.90 Å². The zero-order valence-corrected chi connectivity index (χ0v) is 20.0. The molecule has 0 radical (unpaired) electrons. The summed E-state index contributed by atoms with van der Waals surface area (Å²) in [7, 11) is 0. The Labute approximate surface area is 201 Å². The summed E-state index contributed by atoms with van der Waals surface area (Å²) >= 11 is 1.53. The number of nitrogens with zero attached hydrogens (tertiary/aromatic N) is 5. The highest BCUT2D eigenvalue weighted by Gasteiger charge is 2.32. The Hall–Kier alpha value is -3.39. The van der Waals surface area contributed by atoms with Gasteiger partial charge >= 0.3 is 0 Å². The van der Waals surface area contributed by atoms with Crippen LogP contribution in [0.5, 0.6) is 0 Å². The van der Waals surface area contributed by atoms with Crippen molar-refractivity contribution < 1.29 is 4.79 Å². The zero-order valence-electron chi connectivity index (χ0n) is 19.2. The van der Waals surface area contributed by atoms with Gasteiger partial charge in [0.15, 0.2) is 10.8 Å². The fraction of sp³-hybridized carbons (Fsp3) is 0.308. The van der Waals surface area contributed by atoms with Gasteiger partial charge in [-0.2, -0.15) is 5.10 Å². The number of rotatable bonds is 3. The van der Waals surface area contributed by atoms with Crippen molar-refractivity contribution in [1.29, 1.82) is 0 Å². The first-order chi connectivity index (χ1) is 16.5. The molecule has 6 rings (SSSR count). The molecule has 34 heavy (non-hydrogen) atoms. The largest absolute Gasteiger partial charge is 0.312 e. The number of fused-ring (bicyclic) bond motifs is 3. The Morgan fingerprint density at radius 3 is 2.85 bits per heavy atom. The summed E-state index contributed by atoms with van der Waals surface area (Å²) in [5.74, 6) is 0.719. The maximum absolute atomic E-state index is 13.5. The van der Waals surface area contributed by atoms with Crippen LogP contribution in [0.15, 0.2) is 58.6 Å². The Balaban J connectivity index is 1.33. The minimum atomic E-state index is -0.212. The van der Waals surface area contributed by atoms with Crippen LogP contribution in [0.25, 0.3) is 16.7 Å². The van der Waals surface area contributed by atoms with Crippen LogP contribution in [0, 0.1) is 13.8 Å². The van der Waals surface area contributed by atoms with Crippen molar-refractivity contribution in [3.63, 3.8) is 0 Å². The van der Waals surface area contributed by atoms with E-state index in [4.69, 9.17) is 4.98 Å². The summed E-state index contributed by atoms with van der Waals surface area (Å²) in [6.45, 7) is 4.85. The maximum Gasteiger partial charge on any atom is 0.265 e. The van der Waals surface area contributed by atoms with E-state index in [9.17, 15) is 9.59 Å². The van der Waals surface area contributed by atoms with E-state index in [1.807, 2.05) is 35.2 Å². The first kappa shape index (κ1) is 21.2. The summed E-state index contributed by atoms with van der Waals surface area (Å²) in [5, 5.41) is 5.61. The van der Waals surface area contributed by atoms with E-state index >= 15 is 0 Å². The summed E-state index contributed by atoms with van der Waals surface area (Å²) in [5.41, 5.74) is 5.89. The number of carbonyl (C=O) groups excluding carboxylic acids is 1. The van der Waals surface area contributed by atoms with Crippen LogP contribution in [0.4, 0.5) is 5.69 Å². The van der Waals surface area contributed by atoms with Crippen LogP contribution >= 0.6 is 11.8 Å². The second-order valence-electron chi connectivity index (χ2n) is 9.08. The van der Waals surface area contributed by atoms with E-state index in [0.29, 0.717) is 21.9 Å². The third kappa shape index (κ3) is 3.36. The van der Waals surface area contributed by atoms with Gasteiger partial charge in [0, 0.05) is 24.4 Å². The quantitative estimate of drug-likeness (QED) is 0.419. The van der Waals surface area contributed by atoms with Crippen LogP contribution in [-0.4, -0.2) is 37.5 Å². The van der Waals surface area contributed by atoms with Crippen LogP contribution in [0.1, 0.15) is 35.6 Å². The summed E-state index contributed by atoms with van der Waals surface area (Å²) < 4.78 is 3.43. The van der Waals surface area contributed by atoms with Gasteiger partial charge in [0.25, 0.3) is 5.56 Å². The lowest BCUT2D eigenvalue weighted by atomic mass is 10.0. The number of aryl methyl sites for hydroxylation is 3. The molecule has 4 heterocycles. The lowest BCUT2D eigenvalue weighted by Crippen LogP contribution is -2.37. The first-order valence-electron chi connectivity index (χ1n) is 11.6. The van der Waals surface area contributed by atoms with Gasteiger partial charge in [-0.1, -0.05) is 36.0 Å². The molecule has 4 aromatic rings. The summed E-state index contributed by atoms with van der Waals surface area (Å²) in [4.78, 5) is 33.5. The molecule has 0 saturated heterocycles. The highest BCUT2D eigenvalue weighted by Crippen LogP contribution is 2.35. The zero-order chi connectivity index (χ0) is 23.4. The number of benzene rings is 2. The number of thioether (sulfide) groups is 1. The van der Waals surface area contributed by atoms with Gasteiger partial charge in [0.1, 0.15) is 5.39 Å². The number of hydrogen-bond acceptors (Lipinski definition) is 5. The second kappa shape index (κ2) is 8.13. The van der Waals surface area contributed by atoms with Gasteiger partial charge in [-0.25, -0.2) is 9.67 Å². The van der Waals surface area contributed by atoms with Gasteiger partial charge in [-0.05, 0) is 61.6 Å². The molecule has 0 spiro atoms. The molecule has 0 aliphatic carbocycles. The fourth-order valence-electron chi connectivity index (χ4n) is 4.93. The predicted octanol–water partition coefficient (Wildman–Crippen LogP) is 4.22. The normalized spacial score (nSPS) is 17.1. The monoisotopic (exact) mass is 471 g/mol. The predicted molar refractivity (Wildman–Crippen MR) is 134 cm³/mol. The number of carbonyl (C=O) groups is 1. The van der Waals surface area contributed by atoms with E-state index in [-0.39, 0.29) is 23.9 Å². The molecule has 0 N–H and O–H groups in total. The van der Waals surface area contributed by atoms with Crippen LogP contribution in [0.2, 0.25) is 0 Å². The minimum Gasteiger partial charge on any atom is -0.312 e. The molecule has 7 nitrogen and oxygen atoms in total. The van der Waals surface area contributed by atoms with Gasteiger partial charge in [-0.3, -0.25) is 14.2 Å². The molecule has 1 unspecified atom stereocenters. The van der Waals surface area contributed by atoms with Gasteiger partial charge in [0.05, 0.1) is 17.9 Å². The summed E-state index contributed by atoms with van der Waals surface area (Å²) in [6.07, 6.45) is 3.83. The van der Waals surface area contributed by atoms with Crippen LogP contribution < -0.4 is 10.5 Å². The van der Waals surface area contributed by atoms with E-state index in [1.54, 1.807) is 15.4 Å². The number of aromatic nitrogens is 4. The summed E-state index contributed by atoms with van der Waals surface area (Å²) in [6, 6.07) is 14.0. The van der Waals surface area contributed by atoms with E-state index in [0.717, 1.165) is 36.3 Å². The standard InChI is InChI=1S/C26H25N5O2S/c1-16-9-10-19(12-17(16)2)31-24-21(14-27-31)25(33)30-20(15-34-26(30)28-24)13-23(32)29-11-5-7-18-6-3-4-8-22(18)29/h3-4,6,8-10,12,14,20H,5,7,11,13,15H2,1-2H3. The lowest BCUT2D eigenvalue weighted by Gasteiger charge is -2.30. The molecule has 172 valence electrons. The molecule has 1 atom stereocenters. The average molecular weight is 472 g/mol. The molecule has 2 aromatic heterocycles. The molecular formula is C26H25N5O2S. The minimum absolute atomic E-state index is 0.0587. The number of amides is 1. The molecule has 2 aliphatic rings. The highest BCUT2D eigenvalue weighted by molar-refractivity contribution is 7.99. The Bertz CT molecular complexity index is 1510. The topological polar surface area (TPSA) is 73.0 Å². The third-order valence-electron chi connectivity index (χ3n) is 6.93. The van der Waals surface area contributed by atoms with Crippen molar-refractivity contribution in [3.8, 4) is 5.69 Å². The average Bonchev–Trinajstić information content (AvgIpc) is 3.45. The van der Waals surface area contributed by atoms with Crippen molar-refractivity contribution in [2.24, 2.45) is 0 Å². The lowest BCUT2D eigenvalue weighted by molar-refractivity contribution is -0.119. The van der Waals surface area contributed by atoms with Crippen molar-refractivity contribution in [1.82, 2.24) is 19.3 Å². The Kier molecular flexibility index (Phi) is 5.06. The van der Waals surface area contributed by atoms with Gasteiger partial charge in [-0.15, -0.1) is 0 Å². The molecule has 2 aromatic carbocycles. The molecule has 0 saturated carbocycles. The van der Waals surface area contributed by atoms with Crippen LogP contribution in [-0.2, 0) is 11.2 Å². The van der Waals surface area contributed by atoms with Crippen LogP contribution in [0.3, 0.4) is 0 Å². The number of para-hydroxylation sites is 1. The molecule has 0 bridgehead atoms.